The molecule has 1 aromatic rings. The Morgan fingerprint density at radius 1 is 1.23 bits per heavy atom. The van der Waals surface area contributed by atoms with Gasteiger partial charge in [-0.3, -0.25) is 0 Å². The van der Waals surface area contributed by atoms with Crippen molar-refractivity contribution in [3.05, 3.63) is 27.7 Å². The number of ether oxygens (including phenoxy) is 1. The van der Waals surface area contributed by atoms with Gasteiger partial charge in [-0.05, 0) is 26.0 Å². The molecule has 1 aromatic carbocycles. The molecule has 0 saturated carbocycles. The third kappa shape index (κ3) is 3.38. The highest BCUT2D eigenvalue weighted by molar-refractivity contribution is 7.89. The van der Waals surface area contributed by atoms with Crippen molar-refractivity contribution in [3.8, 4) is 0 Å². The van der Waals surface area contributed by atoms with E-state index in [2.05, 4.69) is 0 Å². The predicted molar refractivity (Wildman–Crippen MR) is 82.2 cm³/mol. The second-order valence-corrected chi connectivity index (χ2v) is 7.87. The van der Waals surface area contributed by atoms with Crippen LogP contribution in [0.3, 0.4) is 0 Å². The van der Waals surface area contributed by atoms with Crippen LogP contribution in [0.1, 0.15) is 24.2 Å². The van der Waals surface area contributed by atoms with E-state index in [1.807, 2.05) is 0 Å². The van der Waals surface area contributed by atoms with Crippen LogP contribution in [0.15, 0.2) is 17.0 Å². The van der Waals surface area contributed by atoms with Crippen LogP contribution in [-0.2, 0) is 14.8 Å². The van der Waals surface area contributed by atoms with Crippen molar-refractivity contribution in [2.75, 3.05) is 13.1 Å². The first-order chi connectivity index (χ1) is 10.1. The predicted octanol–water partition coefficient (Wildman–Crippen LogP) is 2.49. The number of rotatable bonds is 3. The van der Waals surface area contributed by atoms with Gasteiger partial charge in [0.1, 0.15) is 4.90 Å². The summed E-state index contributed by atoms with van der Waals surface area (Å²) >= 11 is 11.8. The first kappa shape index (κ1) is 17.5. The van der Waals surface area contributed by atoms with Crippen molar-refractivity contribution < 1.29 is 23.1 Å². The molecular weight excluding hydrogens is 353 g/mol. The van der Waals surface area contributed by atoms with E-state index >= 15 is 0 Å². The molecule has 6 nitrogen and oxygen atoms in total. The highest BCUT2D eigenvalue weighted by Gasteiger charge is 2.34. The van der Waals surface area contributed by atoms with Crippen molar-refractivity contribution in [1.29, 1.82) is 0 Å². The average molecular weight is 368 g/mol. The molecule has 2 unspecified atom stereocenters. The molecule has 22 heavy (non-hydrogen) atoms. The summed E-state index contributed by atoms with van der Waals surface area (Å²) in [5.74, 6) is -1.32. The molecule has 1 fully saturated rings. The minimum absolute atomic E-state index is 0.109. The lowest BCUT2D eigenvalue weighted by Gasteiger charge is -2.34. The number of hydrogen-bond acceptors (Lipinski definition) is 4. The summed E-state index contributed by atoms with van der Waals surface area (Å²) < 4.78 is 32.2. The Morgan fingerprint density at radius 3 is 2.27 bits per heavy atom. The van der Waals surface area contributed by atoms with E-state index in [4.69, 9.17) is 33.0 Å². The Morgan fingerprint density at radius 2 is 1.77 bits per heavy atom. The molecule has 0 radical (unpaired) electrons. The molecule has 122 valence electrons. The van der Waals surface area contributed by atoms with Gasteiger partial charge in [-0.25, -0.2) is 13.2 Å². The number of sulfonamides is 1. The van der Waals surface area contributed by atoms with Crippen molar-refractivity contribution in [3.63, 3.8) is 0 Å². The Bertz CT molecular complexity index is 697. The van der Waals surface area contributed by atoms with Gasteiger partial charge in [-0.2, -0.15) is 4.31 Å². The Kier molecular flexibility index (Phi) is 5.03. The molecule has 1 N–H and O–H groups in total. The minimum atomic E-state index is -3.93. The highest BCUT2D eigenvalue weighted by atomic mass is 35.5. The van der Waals surface area contributed by atoms with Gasteiger partial charge in [0.05, 0.1) is 27.8 Å². The number of carbonyl (C=O) groups is 1. The molecule has 1 aliphatic heterocycles. The van der Waals surface area contributed by atoms with Crippen LogP contribution >= 0.6 is 23.2 Å². The van der Waals surface area contributed by atoms with Crippen molar-refractivity contribution >= 4 is 39.2 Å². The maximum Gasteiger partial charge on any atom is 0.337 e. The fourth-order valence-corrected chi connectivity index (χ4v) is 4.78. The fraction of sp³-hybridized carbons (Fsp3) is 0.462. The number of carboxylic acids is 1. The normalized spacial score (nSPS) is 23.5. The quantitative estimate of drug-likeness (QED) is 0.886. The number of halogens is 2. The van der Waals surface area contributed by atoms with Gasteiger partial charge in [0.15, 0.2) is 0 Å². The molecule has 2 rings (SSSR count). The van der Waals surface area contributed by atoms with Crippen LogP contribution < -0.4 is 0 Å². The molecular formula is C13H15Cl2NO5S. The molecule has 1 heterocycles. The van der Waals surface area contributed by atoms with Gasteiger partial charge in [0, 0.05) is 13.1 Å². The van der Waals surface area contributed by atoms with Crippen LogP contribution in [0.25, 0.3) is 0 Å². The summed E-state index contributed by atoms with van der Waals surface area (Å²) in [5, 5.41) is 8.86. The van der Waals surface area contributed by atoms with Crippen LogP contribution in [0, 0.1) is 0 Å². The number of hydrogen-bond donors (Lipinski definition) is 1. The van der Waals surface area contributed by atoms with E-state index in [0.717, 1.165) is 12.1 Å². The maximum atomic E-state index is 12.7. The monoisotopic (exact) mass is 367 g/mol. The van der Waals surface area contributed by atoms with Gasteiger partial charge < -0.3 is 9.84 Å². The molecule has 2 atom stereocenters. The highest BCUT2D eigenvalue weighted by Crippen LogP contribution is 2.31. The summed E-state index contributed by atoms with van der Waals surface area (Å²) in [4.78, 5) is 10.9. The number of carboxylic acid groups (broad SMARTS) is 1. The summed E-state index contributed by atoms with van der Waals surface area (Å²) in [7, 11) is -3.93. The van der Waals surface area contributed by atoms with Crippen molar-refractivity contribution in [2.45, 2.75) is 31.0 Å². The molecule has 1 saturated heterocycles. The zero-order chi connectivity index (χ0) is 16.7. The number of benzene rings is 1. The fourth-order valence-electron chi connectivity index (χ4n) is 2.36. The van der Waals surface area contributed by atoms with E-state index < -0.39 is 16.0 Å². The van der Waals surface area contributed by atoms with E-state index in [1.54, 1.807) is 13.8 Å². The van der Waals surface area contributed by atoms with Gasteiger partial charge >= 0.3 is 5.97 Å². The van der Waals surface area contributed by atoms with Crippen molar-refractivity contribution in [2.24, 2.45) is 0 Å². The van der Waals surface area contributed by atoms with Crippen LogP contribution in [-0.4, -0.2) is 49.1 Å². The van der Waals surface area contributed by atoms with E-state index in [0.29, 0.717) is 0 Å². The average Bonchev–Trinajstić information content (AvgIpc) is 2.36. The summed E-state index contributed by atoms with van der Waals surface area (Å²) in [6.45, 7) is 3.89. The van der Waals surface area contributed by atoms with Gasteiger partial charge in [0.25, 0.3) is 0 Å². The van der Waals surface area contributed by atoms with E-state index in [9.17, 15) is 13.2 Å². The van der Waals surface area contributed by atoms with Crippen LogP contribution in [0.4, 0.5) is 0 Å². The second kappa shape index (κ2) is 6.33. The summed E-state index contributed by atoms with van der Waals surface area (Å²) in [5.41, 5.74) is -0.306. The van der Waals surface area contributed by atoms with Gasteiger partial charge in [0.2, 0.25) is 10.0 Å². The van der Waals surface area contributed by atoms with Crippen LogP contribution in [0.2, 0.25) is 10.0 Å². The molecule has 0 aliphatic carbocycles. The molecule has 0 bridgehead atoms. The zero-order valence-corrected chi connectivity index (χ0v) is 14.2. The Labute approximate surface area is 138 Å². The molecule has 0 spiro atoms. The first-order valence-electron chi connectivity index (χ1n) is 6.51. The Hall–Kier alpha value is -0.860. The molecule has 1 aliphatic rings. The smallest absolute Gasteiger partial charge is 0.337 e. The standard InChI is InChI=1S/C13H15Cl2NO5S/c1-7-5-16(6-8(2)21-7)22(19,20)12-3-9(13(17)18)10(14)4-11(12)15/h3-4,7-8H,5-6H2,1-2H3,(H,17,18). The van der Waals surface area contributed by atoms with Crippen LogP contribution in [0.5, 0.6) is 0 Å². The van der Waals surface area contributed by atoms with E-state index in [1.165, 1.54) is 4.31 Å². The summed E-state index contributed by atoms with van der Waals surface area (Å²) in [6.07, 6.45) is -0.521. The molecule has 0 amide bonds. The lowest BCUT2D eigenvalue weighted by atomic mass is 10.2. The SMILES string of the molecule is CC1CN(S(=O)(=O)c2cc(C(=O)O)c(Cl)cc2Cl)CC(C)O1. The first-order valence-corrected chi connectivity index (χ1v) is 8.70. The lowest BCUT2D eigenvalue weighted by molar-refractivity contribution is -0.0440. The molecule has 0 aromatic heterocycles. The lowest BCUT2D eigenvalue weighted by Crippen LogP contribution is -2.48. The molecule has 9 heteroatoms. The third-order valence-electron chi connectivity index (χ3n) is 3.26. The number of nitrogens with zero attached hydrogens (tertiary/aromatic N) is 1. The van der Waals surface area contributed by atoms with Crippen molar-refractivity contribution in [1.82, 2.24) is 4.31 Å². The maximum absolute atomic E-state index is 12.7. The van der Waals surface area contributed by atoms with E-state index in [-0.39, 0.29) is 45.8 Å². The topological polar surface area (TPSA) is 83.9 Å². The minimum Gasteiger partial charge on any atom is -0.478 e. The second-order valence-electron chi connectivity index (χ2n) is 5.15. The largest absolute Gasteiger partial charge is 0.478 e. The number of aromatic carboxylic acids is 1. The Balaban J connectivity index is 2.49. The summed E-state index contributed by atoms with van der Waals surface area (Å²) in [6, 6.07) is 2.12. The zero-order valence-electron chi connectivity index (χ0n) is 11.9. The van der Waals surface area contributed by atoms with Gasteiger partial charge in [-0.1, -0.05) is 23.2 Å². The third-order valence-corrected chi connectivity index (χ3v) is 5.86. The van der Waals surface area contributed by atoms with Gasteiger partial charge in [-0.15, -0.1) is 0 Å². The number of morpholine rings is 1.